The summed E-state index contributed by atoms with van der Waals surface area (Å²) in [6.07, 6.45) is 37.1. The van der Waals surface area contributed by atoms with Crippen LogP contribution in [0.1, 0.15) is 195 Å². The third-order valence-corrected chi connectivity index (χ3v) is 18.0. The predicted molar refractivity (Wildman–Crippen MR) is 181 cm³/mol. The average Bonchev–Trinajstić information content (AvgIpc) is 2.91. The standard InChI is InChI=1S/C21H45Ge.C14H31Ge/c1-4-7-10-13-16-19-22(20-17-14-11-8-5-2)21-18-15-12-9-6-3;1-3-5-7-9-11-13-15-14-12-10-8-6-4-2/h4-21H2,1-3H3;15H,3-14H2,1-2H3. The minimum absolute atomic E-state index is 0.200. The predicted octanol–water partition coefficient (Wildman–Crippen LogP) is 13.6. The first-order valence-corrected chi connectivity index (χ1v) is 25.8. The summed E-state index contributed by atoms with van der Waals surface area (Å²) >= 11 is -0.475. The van der Waals surface area contributed by atoms with Crippen molar-refractivity contribution in [3.8, 4) is 0 Å². The van der Waals surface area contributed by atoms with Crippen LogP contribution in [0.15, 0.2) is 0 Å². The van der Waals surface area contributed by atoms with Gasteiger partial charge in [0.25, 0.3) is 0 Å². The molecule has 0 aliphatic heterocycles. The molecule has 0 aromatic rings. The zero-order valence-corrected chi connectivity index (χ0v) is 31.8. The molecule has 0 aromatic heterocycles. The fourth-order valence-electron chi connectivity index (χ4n) is 5.24. The summed E-state index contributed by atoms with van der Waals surface area (Å²) in [5.74, 6) is 0. The van der Waals surface area contributed by atoms with Crippen molar-refractivity contribution in [2.24, 2.45) is 0 Å². The van der Waals surface area contributed by atoms with E-state index in [1.54, 1.807) is 58.4 Å². The van der Waals surface area contributed by atoms with Crippen LogP contribution in [-0.2, 0) is 0 Å². The Bertz CT molecular complexity index is 312. The third-order valence-electron chi connectivity index (χ3n) is 7.93. The van der Waals surface area contributed by atoms with Crippen molar-refractivity contribution in [1.82, 2.24) is 0 Å². The Balaban J connectivity index is 0. The summed E-state index contributed by atoms with van der Waals surface area (Å²) in [5.41, 5.74) is 0. The molecule has 0 heterocycles. The van der Waals surface area contributed by atoms with E-state index in [0.29, 0.717) is 0 Å². The first-order valence-electron chi connectivity index (χ1n) is 17.9. The van der Waals surface area contributed by atoms with Gasteiger partial charge < -0.3 is 0 Å². The van der Waals surface area contributed by atoms with Crippen LogP contribution < -0.4 is 0 Å². The van der Waals surface area contributed by atoms with E-state index in [2.05, 4.69) is 34.6 Å². The van der Waals surface area contributed by atoms with E-state index in [1.165, 1.54) is 128 Å². The van der Waals surface area contributed by atoms with Gasteiger partial charge in [0.15, 0.2) is 0 Å². The number of rotatable bonds is 30. The molecule has 0 N–H and O–H groups in total. The van der Waals surface area contributed by atoms with Crippen LogP contribution in [0, 0.1) is 0 Å². The number of hydrogen-bond acceptors (Lipinski definition) is 0. The summed E-state index contributed by atoms with van der Waals surface area (Å²) in [5, 5.41) is 8.34. The Morgan fingerprint density at radius 3 is 0.811 bits per heavy atom. The van der Waals surface area contributed by atoms with E-state index >= 15 is 0 Å². The third kappa shape index (κ3) is 39.3. The van der Waals surface area contributed by atoms with Crippen molar-refractivity contribution in [2.75, 3.05) is 0 Å². The Hall–Kier alpha value is 1.09. The zero-order valence-electron chi connectivity index (χ0n) is 27.3. The van der Waals surface area contributed by atoms with Crippen LogP contribution in [0.4, 0.5) is 0 Å². The second kappa shape index (κ2) is 39.2. The molecule has 2 heteroatoms. The van der Waals surface area contributed by atoms with E-state index in [-0.39, 0.29) is 15.4 Å². The first-order chi connectivity index (χ1) is 18.3. The molecule has 0 aliphatic rings. The first kappa shape index (κ1) is 40.2. The molecule has 0 nitrogen and oxygen atoms in total. The molecule has 0 bridgehead atoms. The quantitative estimate of drug-likeness (QED) is 0.0541. The molecule has 0 atom stereocenters. The maximum absolute atomic E-state index is 2.33. The van der Waals surface area contributed by atoms with Crippen LogP contribution in [0.5, 0.6) is 0 Å². The van der Waals surface area contributed by atoms with Gasteiger partial charge in [-0.15, -0.1) is 0 Å². The molecule has 0 unspecified atom stereocenters. The van der Waals surface area contributed by atoms with Crippen LogP contribution in [-0.4, -0.2) is 29.8 Å². The fraction of sp³-hybridized carbons (Fsp3) is 1.00. The molecular formula is C35H76Ge2. The minimum atomic E-state index is -0.675. The Kier molecular flexibility index (Phi) is 42.7. The van der Waals surface area contributed by atoms with Crippen LogP contribution in [0.3, 0.4) is 0 Å². The molecule has 0 fully saturated rings. The molecule has 0 rings (SSSR count). The fourth-order valence-corrected chi connectivity index (χ4v) is 14.6. The SMILES string of the molecule is CCCCCC[CH2][GeH][CH2]CCCCCC.CCCCCC[CH2][Ge]([CH2]CCCCCC)[CH2]CCCCCC. The van der Waals surface area contributed by atoms with Gasteiger partial charge >= 0.3 is 251 Å². The second-order valence-corrected chi connectivity index (χ2v) is 21.9. The summed E-state index contributed by atoms with van der Waals surface area (Å²) in [6, 6.07) is 0. The summed E-state index contributed by atoms with van der Waals surface area (Å²) in [6.45, 7) is 11.6. The van der Waals surface area contributed by atoms with Crippen molar-refractivity contribution in [2.45, 2.75) is 221 Å². The topological polar surface area (TPSA) is 0 Å². The van der Waals surface area contributed by atoms with Crippen molar-refractivity contribution in [3.63, 3.8) is 0 Å². The van der Waals surface area contributed by atoms with Gasteiger partial charge in [0, 0.05) is 0 Å². The molecule has 0 aromatic carbocycles. The van der Waals surface area contributed by atoms with Crippen LogP contribution >= 0.6 is 0 Å². The van der Waals surface area contributed by atoms with Gasteiger partial charge in [-0.05, 0) is 0 Å². The average molecular weight is 642 g/mol. The van der Waals surface area contributed by atoms with E-state index in [9.17, 15) is 0 Å². The van der Waals surface area contributed by atoms with Crippen molar-refractivity contribution >= 4 is 29.8 Å². The van der Waals surface area contributed by atoms with Gasteiger partial charge in [-0.1, -0.05) is 0 Å². The van der Waals surface area contributed by atoms with Crippen molar-refractivity contribution < 1.29 is 0 Å². The molecule has 0 amide bonds. The summed E-state index contributed by atoms with van der Waals surface area (Å²) in [4.78, 5) is 0. The van der Waals surface area contributed by atoms with Gasteiger partial charge in [0.05, 0.1) is 0 Å². The van der Waals surface area contributed by atoms with Crippen LogP contribution in [0.2, 0.25) is 26.3 Å². The molecule has 0 saturated carbocycles. The van der Waals surface area contributed by atoms with Crippen LogP contribution in [0.25, 0.3) is 0 Å². The molecular weight excluding hydrogens is 566 g/mol. The monoisotopic (exact) mass is 644 g/mol. The Morgan fingerprint density at radius 1 is 0.297 bits per heavy atom. The van der Waals surface area contributed by atoms with Crippen molar-refractivity contribution in [1.29, 1.82) is 0 Å². The van der Waals surface area contributed by atoms with E-state index < -0.39 is 14.3 Å². The summed E-state index contributed by atoms with van der Waals surface area (Å²) < 4.78 is 0. The normalized spacial score (nSPS) is 11.2. The van der Waals surface area contributed by atoms with Gasteiger partial charge in [-0.2, -0.15) is 0 Å². The Morgan fingerprint density at radius 2 is 0.541 bits per heavy atom. The maximum atomic E-state index is 2.33. The van der Waals surface area contributed by atoms with E-state index in [0.717, 1.165) is 0 Å². The van der Waals surface area contributed by atoms with Gasteiger partial charge in [-0.3, -0.25) is 0 Å². The van der Waals surface area contributed by atoms with E-state index in [1.807, 2.05) is 0 Å². The zero-order chi connectivity index (χ0) is 27.5. The molecule has 0 aliphatic carbocycles. The second-order valence-electron chi connectivity index (χ2n) is 11.9. The molecule has 0 saturated heterocycles. The summed E-state index contributed by atoms with van der Waals surface area (Å²) in [7, 11) is 0. The van der Waals surface area contributed by atoms with E-state index in [4.69, 9.17) is 0 Å². The number of hydrogen-bond donors (Lipinski definition) is 0. The van der Waals surface area contributed by atoms with Gasteiger partial charge in [-0.25, -0.2) is 0 Å². The molecule has 2 radical (unpaired) electrons. The molecule has 0 spiro atoms. The number of unbranched alkanes of at least 4 members (excludes halogenated alkanes) is 20. The Labute approximate surface area is 250 Å². The molecule has 37 heavy (non-hydrogen) atoms. The van der Waals surface area contributed by atoms with Gasteiger partial charge in [0.2, 0.25) is 0 Å². The van der Waals surface area contributed by atoms with Gasteiger partial charge in [0.1, 0.15) is 0 Å². The van der Waals surface area contributed by atoms with Crippen molar-refractivity contribution in [3.05, 3.63) is 0 Å². The molecule has 224 valence electrons.